The van der Waals surface area contributed by atoms with E-state index in [9.17, 15) is 18.0 Å². The summed E-state index contributed by atoms with van der Waals surface area (Å²) in [4.78, 5) is 10.9. The normalized spacial score (nSPS) is 11.4. The molecule has 7 heteroatoms. The Bertz CT molecular complexity index is 443. The van der Waals surface area contributed by atoms with Gasteiger partial charge in [-0.25, -0.2) is 4.79 Å². The predicted molar refractivity (Wildman–Crippen MR) is 57.4 cm³/mol. The van der Waals surface area contributed by atoms with Gasteiger partial charge in [0.25, 0.3) is 0 Å². The van der Waals surface area contributed by atoms with Crippen molar-refractivity contribution in [1.29, 1.82) is 0 Å². The van der Waals surface area contributed by atoms with E-state index < -0.39 is 18.8 Å². The molecular weight excluding hydrogens is 305 g/mol. The van der Waals surface area contributed by atoms with Crippen LogP contribution in [-0.2, 0) is 0 Å². The number of benzene rings is 1. The average molecular weight is 313 g/mol. The van der Waals surface area contributed by atoms with Crippen molar-refractivity contribution in [3.63, 3.8) is 0 Å². The number of hydrogen-bond acceptors (Lipinski definition) is 2. The van der Waals surface area contributed by atoms with Gasteiger partial charge in [-0.2, -0.15) is 13.2 Å². The van der Waals surface area contributed by atoms with Crippen LogP contribution in [0.2, 0.25) is 0 Å². The Kier molecular flexibility index (Phi) is 4.03. The van der Waals surface area contributed by atoms with Crippen LogP contribution >= 0.6 is 15.9 Å². The van der Waals surface area contributed by atoms with E-state index in [-0.39, 0.29) is 11.3 Å². The van der Waals surface area contributed by atoms with Crippen LogP contribution in [0.4, 0.5) is 13.2 Å². The summed E-state index contributed by atoms with van der Waals surface area (Å²) in [7, 11) is 0. The topological polar surface area (TPSA) is 46.5 Å². The fourth-order valence-corrected chi connectivity index (χ4v) is 1.81. The van der Waals surface area contributed by atoms with E-state index in [0.717, 1.165) is 0 Å². The van der Waals surface area contributed by atoms with Crippen LogP contribution in [-0.4, -0.2) is 23.9 Å². The third kappa shape index (κ3) is 3.92. The highest BCUT2D eigenvalue weighted by atomic mass is 79.9. The van der Waals surface area contributed by atoms with E-state index in [0.29, 0.717) is 10.0 Å². The highest BCUT2D eigenvalue weighted by molar-refractivity contribution is 9.10. The van der Waals surface area contributed by atoms with Crippen LogP contribution in [0.25, 0.3) is 0 Å². The summed E-state index contributed by atoms with van der Waals surface area (Å²) in [5, 5.41) is 8.86. The molecule has 1 aromatic rings. The Labute approximate surface area is 103 Å². The highest BCUT2D eigenvalue weighted by Gasteiger charge is 2.29. The lowest BCUT2D eigenvalue weighted by Crippen LogP contribution is -2.20. The van der Waals surface area contributed by atoms with Gasteiger partial charge in [0, 0.05) is 4.47 Å². The number of rotatable bonds is 3. The van der Waals surface area contributed by atoms with Crippen LogP contribution in [0.1, 0.15) is 15.9 Å². The van der Waals surface area contributed by atoms with Gasteiger partial charge in [0.05, 0.1) is 0 Å². The molecule has 0 aromatic heterocycles. The number of halogens is 4. The first kappa shape index (κ1) is 13.8. The van der Waals surface area contributed by atoms with Gasteiger partial charge >= 0.3 is 12.1 Å². The predicted octanol–water partition coefficient (Wildman–Crippen LogP) is 3.40. The lowest BCUT2D eigenvalue weighted by Gasteiger charge is -2.14. The number of alkyl halides is 3. The second-order valence-corrected chi connectivity index (χ2v) is 4.22. The maximum absolute atomic E-state index is 12.0. The minimum absolute atomic E-state index is 0.266. The van der Waals surface area contributed by atoms with Crippen LogP contribution in [0, 0.1) is 6.92 Å². The molecule has 0 fully saturated rings. The summed E-state index contributed by atoms with van der Waals surface area (Å²) >= 11 is 3.06. The fourth-order valence-electron chi connectivity index (χ4n) is 1.23. The summed E-state index contributed by atoms with van der Waals surface area (Å²) in [6, 6.07) is 2.68. The molecule has 1 aromatic carbocycles. The number of aromatic carboxylic acids is 1. The number of aryl methyl sites for hydroxylation is 1. The molecule has 0 aliphatic rings. The lowest BCUT2D eigenvalue weighted by atomic mass is 10.1. The van der Waals surface area contributed by atoms with Crippen molar-refractivity contribution < 1.29 is 27.8 Å². The maximum atomic E-state index is 12.0. The molecule has 0 unspecified atom stereocenters. The zero-order valence-electron chi connectivity index (χ0n) is 8.64. The maximum Gasteiger partial charge on any atom is 0.422 e. The summed E-state index contributed by atoms with van der Waals surface area (Å²) in [5.41, 5.74) is 0.0159. The molecule has 1 N–H and O–H groups in total. The molecule has 0 amide bonds. The van der Waals surface area contributed by atoms with E-state index in [4.69, 9.17) is 5.11 Å². The SMILES string of the molecule is Cc1cc(Br)cc(C(=O)O)c1OCC(F)(F)F. The minimum atomic E-state index is -4.50. The van der Waals surface area contributed by atoms with Crippen LogP contribution in [0.3, 0.4) is 0 Å². The minimum Gasteiger partial charge on any atom is -0.483 e. The van der Waals surface area contributed by atoms with E-state index in [2.05, 4.69) is 20.7 Å². The van der Waals surface area contributed by atoms with Gasteiger partial charge in [-0.05, 0) is 24.6 Å². The first-order valence-electron chi connectivity index (χ1n) is 4.43. The number of carboxylic acids is 1. The molecule has 0 saturated heterocycles. The van der Waals surface area contributed by atoms with Crippen molar-refractivity contribution in [2.75, 3.05) is 6.61 Å². The summed E-state index contributed by atoms with van der Waals surface area (Å²) in [5.74, 6) is -1.61. The first-order valence-corrected chi connectivity index (χ1v) is 5.23. The van der Waals surface area contributed by atoms with Crippen molar-refractivity contribution in [3.8, 4) is 5.75 Å². The molecule has 0 heterocycles. The summed E-state index contributed by atoms with van der Waals surface area (Å²) < 4.78 is 41.0. The average Bonchev–Trinajstić information content (AvgIpc) is 2.13. The summed E-state index contributed by atoms with van der Waals surface area (Å²) in [6.07, 6.45) is -4.50. The van der Waals surface area contributed by atoms with E-state index in [1.165, 1.54) is 19.1 Å². The monoisotopic (exact) mass is 312 g/mol. The summed E-state index contributed by atoms with van der Waals surface area (Å²) in [6.45, 7) is -0.0430. The number of carbonyl (C=O) groups is 1. The van der Waals surface area contributed by atoms with E-state index >= 15 is 0 Å². The highest BCUT2D eigenvalue weighted by Crippen LogP contribution is 2.29. The number of carboxylic acid groups (broad SMARTS) is 1. The molecule has 0 spiro atoms. The fraction of sp³-hybridized carbons (Fsp3) is 0.300. The molecule has 0 aliphatic heterocycles. The van der Waals surface area contributed by atoms with Crippen molar-refractivity contribution in [2.45, 2.75) is 13.1 Å². The number of hydrogen-bond donors (Lipinski definition) is 1. The van der Waals surface area contributed by atoms with Crippen molar-refractivity contribution in [1.82, 2.24) is 0 Å². The molecule has 17 heavy (non-hydrogen) atoms. The zero-order chi connectivity index (χ0) is 13.2. The van der Waals surface area contributed by atoms with Gasteiger partial charge in [0.2, 0.25) is 0 Å². The van der Waals surface area contributed by atoms with Crippen LogP contribution in [0.5, 0.6) is 5.75 Å². The van der Waals surface area contributed by atoms with Crippen LogP contribution < -0.4 is 4.74 Å². The molecule has 94 valence electrons. The molecule has 0 atom stereocenters. The van der Waals surface area contributed by atoms with Crippen LogP contribution in [0.15, 0.2) is 16.6 Å². The molecule has 0 saturated carbocycles. The molecule has 1 rings (SSSR count). The van der Waals surface area contributed by atoms with E-state index in [1.807, 2.05) is 0 Å². The molecular formula is C10H8BrF3O3. The second-order valence-electron chi connectivity index (χ2n) is 3.31. The third-order valence-electron chi connectivity index (χ3n) is 1.85. The third-order valence-corrected chi connectivity index (χ3v) is 2.31. The van der Waals surface area contributed by atoms with Crippen molar-refractivity contribution in [3.05, 3.63) is 27.7 Å². The molecule has 0 bridgehead atoms. The first-order chi connectivity index (χ1) is 7.70. The molecule has 0 aliphatic carbocycles. The van der Waals surface area contributed by atoms with E-state index in [1.54, 1.807) is 0 Å². The van der Waals surface area contributed by atoms with Gasteiger partial charge in [0.1, 0.15) is 11.3 Å². The quantitative estimate of drug-likeness (QED) is 0.930. The Balaban J connectivity index is 3.09. The van der Waals surface area contributed by atoms with Gasteiger partial charge in [-0.3, -0.25) is 0 Å². The standard InChI is InChI=1S/C10H8BrF3O3/c1-5-2-6(11)3-7(9(15)16)8(5)17-4-10(12,13)14/h2-3H,4H2,1H3,(H,15,16). The smallest absolute Gasteiger partial charge is 0.422 e. The lowest BCUT2D eigenvalue weighted by molar-refractivity contribution is -0.153. The molecule has 0 radical (unpaired) electrons. The van der Waals surface area contributed by atoms with Gasteiger partial charge in [-0.1, -0.05) is 15.9 Å². The molecule has 3 nitrogen and oxygen atoms in total. The van der Waals surface area contributed by atoms with Gasteiger partial charge in [0.15, 0.2) is 6.61 Å². The van der Waals surface area contributed by atoms with Crippen molar-refractivity contribution >= 4 is 21.9 Å². The Hall–Kier alpha value is -1.24. The van der Waals surface area contributed by atoms with Crippen molar-refractivity contribution in [2.24, 2.45) is 0 Å². The second kappa shape index (κ2) is 4.95. The number of ether oxygens (including phenoxy) is 1. The van der Waals surface area contributed by atoms with Gasteiger partial charge in [-0.15, -0.1) is 0 Å². The largest absolute Gasteiger partial charge is 0.483 e. The Morgan fingerprint density at radius 3 is 2.53 bits per heavy atom. The Morgan fingerprint density at radius 1 is 1.47 bits per heavy atom. The van der Waals surface area contributed by atoms with Gasteiger partial charge < -0.3 is 9.84 Å². The Morgan fingerprint density at radius 2 is 2.06 bits per heavy atom. The zero-order valence-corrected chi connectivity index (χ0v) is 10.2.